The van der Waals surface area contributed by atoms with Crippen LogP contribution in [0.5, 0.6) is 0 Å². The Morgan fingerprint density at radius 2 is 2.00 bits per heavy atom. The van der Waals surface area contributed by atoms with Gasteiger partial charge in [-0.3, -0.25) is 0 Å². The predicted molar refractivity (Wildman–Crippen MR) is 72.8 cm³/mol. The van der Waals surface area contributed by atoms with Crippen LogP contribution in [0.2, 0.25) is 0 Å². The van der Waals surface area contributed by atoms with Crippen LogP contribution in [-0.4, -0.2) is 13.1 Å². The van der Waals surface area contributed by atoms with Crippen molar-refractivity contribution in [2.45, 2.75) is 32.6 Å². The molecule has 1 saturated heterocycles. The number of halogens is 1. The van der Waals surface area contributed by atoms with E-state index < -0.39 is 0 Å². The van der Waals surface area contributed by atoms with E-state index >= 15 is 0 Å². The second kappa shape index (κ2) is 5.83. The Morgan fingerprint density at radius 3 is 2.69 bits per heavy atom. The van der Waals surface area contributed by atoms with Crippen LogP contribution in [0, 0.1) is 5.92 Å². The maximum atomic E-state index is 3.55. The lowest BCUT2D eigenvalue weighted by atomic mass is 9.88. The van der Waals surface area contributed by atoms with Crippen molar-refractivity contribution >= 4 is 15.9 Å². The largest absolute Gasteiger partial charge is 0.317 e. The van der Waals surface area contributed by atoms with Crippen molar-refractivity contribution < 1.29 is 0 Å². The lowest BCUT2D eigenvalue weighted by molar-refractivity contribution is 0.372. The number of nitrogens with one attached hydrogen (secondary N) is 1. The fourth-order valence-corrected chi connectivity index (χ4v) is 2.93. The van der Waals surface area contributed by atoms with E-state index in [1.807, 2.05) is 0 Å². The zero-order chi connectivity index (χ0) is 11.4. The van der Waals surface area contributed by atoms with E-state index in [1.54, 1.807) is 5.56 Å². The van der Waals surface area contributed by atoms with Crippen LogP contribution in [0.1, 0.15) is 30.9 Å². The standard InChI is InChI=1S/C14H20BrN/c1-2-12-10-14(15)4-3-13(12)9-11-5-7-16-8-6-11/h3-4,10-11,16H,2,5-9H2,1H3. The Morgan fingerprint density at radius 1 is 1.25 bits per heavy atom. The SMILES string of the molecule is CCc1cc(Br)ccc1CC1CCNCC1. The molecule has 88 valence electrons. The van der Waals surface area contributed by atoms with E-state index in [4.69, 9.17) is 0 Å². The molecule has 1 fully saturated rings. The summed E-state index contributed by atoms with van der Waals surface area (Å²) in [5, 5.41) is 3.43. The molecule has 0 aliphatic carbocycles. The molecule has 1 aromatic carbocycles. The minimum Gasteiger partial charge on any atom is -0.317 e. The summed E-state index contributed by atoms with van der Waals surface area (Å²) < 4.78 is 1.21. The Bertz CT molecular complexity index is 343. The van der Waals surface area contributed by atoms with Crippen LogP contribution in [-0.2, 0) is 12.8 Å². The van der Waals surface area contributed by atoms with Crippen molar-refractivity contribution in [1.82, 2.24) is 5.32 Å². The normalized spacial score (nSPS) is 17.6. The van der Waals surface area contributed by atoms with Gasteiger partial charge in [0.2, 0.25) is 0 Å². The van der Waals surface area contributed by atoms with Gasteiger partial charge in [-0.15, -0.1) is 0 Å². The van der Waals surface area contributed by atoms with Gasteiger partial charge in [-0.25, -0.2) is 0 Å². The third kappa shape index (κ3) is 3.08. The Kier molecular flexibility index (Phi) is 4.42. The van der Waals surface area contributed by atoms with Crippen LogP contribution in [0.15, 0.2) is 22.7 Å². The topological polar surface area (TPSA) is 12.0 Å². The molecule has 0 aromatic heterocycles. The van der Waals surface area contributed by atoms with Gasteiger partial charge < -0.3 is 5.32 Å². The molecule has 0 spiro atoms. The average molecular weight is 282 g/mol. The quantitative estimate of drug-likeness (QED) is 0.894. The highest BCUT2D eigenvalue weighted by molar-refractivity contribution is 9.10. The molecule has 1 heterocycles. The maximum Gasteiger partial charge on any atom is 0.0178 e. The van der Waals surface area contributed by atoms with Crippen molar-refractivity contribution in [3.8, 4) is 0 Å². The first-order valence-electron chi connectivity index (χ1n) is 6.27. The van der Waals surface area contributed by atoms with Gasteiger partial charge in [-0.2, -0.15) is 0 Å². The monoisotopic (exact) mass is 281 g/mol. The highest BCUT2D eigenvalue weighted by atomic mass is 79.9. The molecule has 16 heavy (non-hydrogen) atoms. The summed E-state index contributed by atoms with van der Waals surface area (Å²) in [7, 11) is 0. The Labute approximate surface area is 107 Å². The molecule has 0 unspecified atom stereocenters. The molecule has 0 radical (unpaired) electrons. The van der Waals surface area contributed by atoms with E-state index in [1.165, 1.54) is 42.4 Å². The molecule has 1 nitrogen and oxygen atoms in total. The van der Waals surface area contributed by atoms with Gasteiger partial charge in [0, 0.05) is 4.47 Å². The maximum absolute atomic E-state index is 3.55. The van der Waals surface area contributed by atoms with Crippen LogP contribution in [0.4, 0.5) is 0 Å². The van der Waals surface area contributed by atoms with Crippen molar-refractivity contribution in [2.75, 3.05) is 13.1 Å². The van der Waals surface area contributed by atoms with Crippen molar-refractivity contribution in [2.24, 2.45) is 5.92 Å². The van der Waals surface area contributed by atoms with Gasteiger partial charge in [0.1, 0.15) is 0 Å². The van der Waals surface area contributed by atoms with Gasteiger partial charge in [-0.05, 0) is 68.0 Å². The molecule has 0 atom stereocenters. The van der Waals surface area contributed by atoms with E-state index in [2.05, 4.69) is 46.4 Å². The van der Waals surface area contributed by atoms with Crippen molar-refractivity contribution in [1.29, 1.82) is 0 Å². The molecule has 1 N–H and O–H groups in total. The summed E-state index contributed by atoms with van der Waals surface area (Å²) in [4.78, 5) is 0. The summed E-state index contributed by atoms with van der Waals surface area (Å²) in [6, 6.07) is 6.75. The number of rotatable bonds is 3. The summed E-state index contributed by atoms with van der Waals surface area (Å²) in [5.41, 5.74) is 3.06. The van der Waals surface area contributed by atoms with E-state index in [9.17, 15) is 0 Å². The fourth-order valence-electron chi connectivity index (χ4n) is 2.52. The molecular formula is C14H20BrN. The zero-order valence-corrected chi connectivity index (χ0v) is 11.5. The first-order chi connectivity index (χ1) is 7.79. The minimum absolute atomic E-state index is 0.882. The van der Waals surface area contributed by atoms with Gasteiger partial charge in [0.25, 0.3) is 0 Å². The van der Waals surface area contributed by atoms with E-state index in [0.717, 1.165) is 12.3 Å². The molecule has 0 bridgehead atoms. The lowest BCUT2D eigenvalue weighted by Gasteiger charge is -2.23. The number of hydrogen-bond donors (Lipinski definition) is 1. The third-order valence-corrected chi connectivity index (χ3v) is 4.01. The van der Waals surface area contributed by atoms with Crippen LogP contribution in [0.25, 0.3) is 0 Å². The summed E-state index contributed by atoms with van der Waals surface area (Å²) >= 11 is 3.55. The summed E-state index contributed by atoms with van der Waals surface area (Å²) in [5.74, 6) is 0.882. The number of benzene rings is 1. The van der Waals surface area contributed by atoms with Gasteiger partial charge in [0.15, 0.2) is 0 Å². The molecular weight excluding hydrogens is 262 g/mol. The van der Waals surface area contributed by atoms with Crippen molar-refractivity contribution in [3.63, 3.8) is 0 Å². The smallest absolute Gasteiger partial charge is 0.0178 e. The number of hydrogen-bond acceptors (Lipinski definition) is 1. The predicted octanol–water partition coefficient (Wildman–Crippen LogP) is 3.55. The highest BCUT2D eigenvalue weighted by Gasteiger charge is 2.14. The minimum atomic E-state index is 0.882. The molecule has 0 saturated carbocycles. The zero-order valence-electron chi connectivity index (χ0n) is 9.93. The summed E-state index contributed by atoms with van der Waals surface area (Å²) in [6.07, 6.45) is 5.07. The molecule has 1 aliphatic heterocycles. The molecule has 2 rings (SSSR count). The molecule has 1 aliphatic rings. The van der Waals surface area contributed by atoms with Crippen LogP contribution < -0.4 is 5.32 Å². The Balaban J connectivity index is 2.07. The first-order valence-corrected chi connectivity index (χ1v) is 7.07. The average Bonchev–Trinajstić information content (AvgIpc) is 2.33. The third-order valence-electron chi connectivity index (χ3n) is 3.52. The lowest BCUT2D eigenvalue weighted by Crippen LogP contribution is -2.28. The van der Waals surface area contributed by atoms with Crippen molar-refractivity contribution in [3.05, 3.63) is 33.8 Å². The highest BCUT2D eigenvalue weighted by Crippen LogP contribution is 2.23. The molecule has 0 amide bonds. The second-order valence-electron chi connectivity index (χ2n) is 4.66. The summed E-state index contributed by atoms with van der Waals surface area (Å²) in [6.45, 7) is 4.64. The van der Waals surface area contributed by atoms with Gasteiger partial charge in [-0.1, -0.05) is 28.9 Å². The fraction of sp³-hybridized carbons (Fsp3) is 0.571. The first kappa shape index (κ1) is 12.1. The molecule has 1 aromatic rings. The number of aryl methyl sites for hydroxylation is 1. The van der Waals surface area contributed by atoms with Crippen LogP contribution in [0.3, 0.4) is 0 Å². The van der Waals surface area contributed by atoms with Gasteiger partial charge >= 0.3 is 0 Å². The van der Waals surface area contributed by atoms with E-state index in [0.29, 0.717) is 0 Å². The van der Waals surface area contributed by atoms with Crippen LogP contribution >= 0.6 is 15.9 Å². The molecule has 2 heteroatoms. The second-order valence-corrected chi connectivity index (χ2v) is 5.58. The number of piperidine rings is 1. The Hall–Kier alpha value is -0.340. The van der Waals surface area contributed by atoms with E-state index in [-0.39, 0.29) is 0 Å². The van der Waals surface area contributed by atoms with Gasteiger partial charge in [0.05, 0.1) is 0 Å².